The Hall–Kier alpha value is -1.65. The number of aromatic amines is 1. The number of nitrogens with two attached hydrogens (primary N) is 1. The standard InChI is InChI=1S/C5H5N5.2C2H6/c6-5-8-3-1-2-7-10-4(3)9-5;2*1-2/h1-2H,(H3,6,8,9,10);2*1-2H3. The van der Waals surface area contributed by atoms with E-state index in [2.05, 4.69) is 20.2 Å². The number of hydrogen-bond acceptors (Lipinski definition) is 4. The second-order valence-electron chi connectivity index (χ2n) is 1.89. The molecule has 0 aliphatic carbocycles. The Morgan fingerprint density at radius 3 is 2.43 bits per heavy atom. The molecule has 0 unspecified atom stereocenters. The predicted molar refractivity (Wildman–Crippen MR) is 58.8 cm³/mol. The summed E-state index contributed by atoms with van der Waals surface area (Å²) in [4.78, 5) is 6.68. The van der Waals surface area contributed by atoms with Gasteiger partial charge < -0.3 is 10.7 Å². The van der Waals surface area contributed by atoms with Gasteiger partial charge in [0.1, 0.15) is 0 Å². The van der Waals surface area contributed by atoms with Gasteiger partial charge in [0.05, 0.1) is 11.7 Å². The minimum Gasteiger partial charge on any atom is -0.369 e. The number of hydrogen-bond donors (Lipinski definition) is 2. The molecule has 0 bridgehead atoms. The first-order chi connectivity index (χ1) is 6.86. The van der Waals surface area contributed by atoms with Crippen LogP contribution in [0.2, 0.25) is 0 Å². The molecule has 0 fully saturated rings. The maximum atomic E-state index is 5.36. The first-order valence-electron chi connectivity index (χ1n) is 4.79. The molecule has 2 heterocycles. The highest BCUT2D eigenvalue weighted by molar-refractivity contribution is 5.71. The molecule has 5 nitrogen and oxygen atoms in total. The molecule has 3 N–H and O–H groups in total. The molecular weight excluding hydrogens is 178 g/mol. The van der Waals surface area contributed by atoms with Crippen LogP contribution in [0.15, 0.2) is 12.3 Å². The zero-order valence-corrected chi connectivity index (χ0v) is 9.07. The van der Waals surface area contributed by atoms with E-state index in [1.807, 2.05) is 27.7 Å². The van der Waals surface area contributed by atoms with Crippen molar-refractivity contribution in [3.8, 4) is 0 Å². The van der Waals surface area contributed by atoms with E-state index in [0.29, 0.717) is 11.6 Å². The van der Waals surface area contributed by atoms with Gasteiger partial charge in [-0.1, -0.05) is 27.7 Å². The summed E-state index contributed by atoms with van der Waals surface area (Å²) in [6.07, 6.45) is 1.58. The molecule has 0 saturated carbocycles. The second kappa shape index (κ2) is 6.82. The third-order valence-corrected chi connectivity index (χ3v) is 1.19. The van der Waals surface area contributed by atoms with Crippen molar-refractivity contribution < 1.29 is 0 Å². The highest BCUT2D eigenvalue weighted by Crippen LogP contribution is 2.05. The monoisotopic (exact) mass is 195 g/mol. The average Bonchev–Trinajstić information content (AvgIpc) is 2.64. The van der Waals surface area contributed by atoms with Crippen molar-refractivity contribution in [3.63, 3.8) is 0 Å². The lowest BCUT2D eigenvalue weighted by atomic mass is 10.5. The molecule has 78 valence electrons. The predicted octanol–water partition coefficient (Wildman–Crippen LogP) is 1.99. The van der Waals surface area contributed by atoms with Crippen LogP contribution in [0.4, 0.5) is 5.95 Å². The minimum absolute atomic E-state index is 0.371. The van der Waals surface area contributed by atoms with Crippen LogP contribution in [0.5, 0.6) is 0 Å². The molecule has 2 aromatic heterocycles. The van der Waals surface area contributed by atoms with Gasteiger partial charge >= 0.3 is 0 Å². The quantitative estimate of drug-likeness (QED) is 0.673. The molecule has 5 heteroatoms. The molecule has 0 spiro atoms. The lowest BCUT2D eigenvalue weighted by Gasteiger charge is -1.79. The highest BCUT2D eigenvalue weighted by atomic mass is 15.2. The maximum Gasteiger partial charge on any atom is 0.201 e. The Morgan fingerprint density at radius 2 is 1.86 bits per heavy atom. The number of nitrogen functional groups attached to an aromatic ring is 1. The Labute approximate surface area is 83.8 Å². The summed E-state index contributed by atoms with van der Waals surface area (Å²) in [5.41, 5.74) is 6.72. The Balaban J connectivity index is 0.000000379. The van der Waals surface area contributed by atoms with E-state index in [1.54, 1.807) is 12.3 Å². The second-order valence-corrected chi connectivity index (χ2v) is 1.89. The van der Waals surface area contributed by atoms with Crippen molar-refractivity contribution in [1.82, 2.24) is 20.2 Å². The van der Waals surface area contributed by atoms with Crippen molar-refractivity contribution in [3.05, 3.63) is 12.3 Å². The summed E-state index contributed by atoms with van der Waals surface area (Å²) in [5, 5.41) is 7.37. The van der Waals surface area contributed by atoms with Gasteiger partial charge in [0.25, 0.3) is 0 Å². The number of rotatable bonds is 0. The molecule has 2 aromatic rings. The third-order valence-electron chi connectivity index (χ3n) is 1.19. The van der Waals surface area contributed by atoms with E-state index in [0.717, 1.165) is 5.52 Å². The number of imidazole rings is 1. The van der Waals surface area contributed by atoms with Gasteiger partial charge in [0.15, 0.2) is 5.95 Å². The highest BCUT2D eigenvalue weighted by Gasteiger charge is 1.97. The van der Waals surface area contributed by atoms with Crippen molar-refractivity contribution in [2.45, 2.75) is 27.7 Å². The van der Waals surface area contributed by atoms with E-state index in [1.165, 1.54) is 0 Å². The Bertz CT molecular complexity index is 322. The first kappa shape index (κ1) is 12.3. The molecule has 0 aliphatic rings. The third kappa shape index (κ3) is 3.01. The molecule has 0 atom stereocenters. The van der Waals surface area contributed by atoms with Crippen molar-refractivity contribution in [2.75, 3.05) is 5.73 Å². The summed E-state index contributed by atoms with van der Waals surface area (Å²) in [6, 6.07) is 1.77. The zero-order chi connectivity index (χ0) is 11.0. The minimum atomic E-state index is 0.371. The van der Waals surface area contributed by atoms with Crippen LogP contribution in [-0.2, 0) is 0 Å². The van der Waals surface area contributed by atoms with Gasteiger partial charge in [-0.15, -0.1) is 5.10 Å². The van der Waals surface area contributed by atoms with Crippen LogP contribution in [-0.4, -0.2) is 20.2 Å². The summed E-state index contributed by atoms with van der Waals surface area (Å²) in [5.74, 6) is 0.371. The van der Waals surface area contributed by atoms with Gasteiger partial charge in [0.2, 0.25) is 5.65 Å². The molecule has 0 amide bonds. The largest absolute Gasteiger partial charge is 0.369 e. The molecule has 0 radical (unpaired) electrons. The van der Waals surface area contributed by atoms with Gasteiger partial charge in [-0.2, -0.15) is 10.1 Å². The molecule has 0 saturated heterocycles. The number of nitrogens with one attached hydrogen (secondary N) is 1. The fourth-order valence-corrected chi connectivity index (χ4v) is 0.784. The molecule has 14 heavy (non-hydrogen) atoms. The average molecular weight is 195 g/mol. The van der Waals surface area contributed by atoms with Crippen LogP contribution in [0.25, 0.3) is 11.2 Å². The van der Waals surface area contributed by atoms with Crippen LogP contribution < -0.4 is 5.73 Å². The van der Waals surface area contributed by atoms with Crippen LogP contribution >= 0.6 is 0 Å². The van der Waals surface area contributed by atoms with E-state index >= 15 is 0 Å². The Morgan fingerprint density at radius 1 is 1.21 bits per heavy atom. The van der Waals surface area contributed by atoms with Crippen molar-refractivity contribution in [1.29, 1.82) is 0 Å². The molecule has 0 aliphatic heterocycles. The van der Waals surface area contributed by atoms with Crippen molar-refractivity contribution in [2.24, 2.45) is 0 Å². The number of anilines is 1. The molecule has 2 rings (SSSR count). The normalized spacial score (nSPS) is 8.29. The maximum absolute atomic E-state index is 5.36. The smallest absolute Gasteiger partial charge is 0.201 e. The molecule has 0 aromatic carbocycles. The van der Waals surface area contributed by atoms with Gasteiger partial charge in [0, 0.05) is 0 Å². The lowest BCUT2D eigenvalue weighted by Crippen LogP contribution is -1.84. The summed E-state index contributed by atoms with van der Waals surface area (Å²) < 4.78 is 0. The number of H-pyrrole nitrogens is 1. The topological polar surface area (TPSA) is 80.5 Å². The number of aromatic nitrogens is 4. The van der Waals surface area contributed by atoms with Gasteiger partial charge in [-0.3, -0.25) is 0 Å². The van der Waals surface area contributed by atoms with Gasteiger partial charge in [-0.05, 0) is 6.07 Å². The van der Waals surface area contributed by atoms with E-state index < -0.39 is 0 Å². The SMILES string of the molecule is CC.CC.Nc1nc2nnccc2[nH]1. The fourth-order valence-electron chi connectivity index (χ4n) is 0.784. The first-order valence-corrected chi connectivity index (χ1v) is 4.79. The summed E-state index contributed by atoms with van der Waals surface area (Å²) >= 11 is 0. The fraction of sp³-hybridized carbons (Fsp3) is 0.444. The van der Waals surface area contributed by atoms with Crippen LogP contribution in [0.3, 0.4) is 0 Å². The number of nitrogens with zero attached hydrogens (tertiary/aromatic N) is 3. The van der Waals surface area contributed by atoms with Crippen LogP contribution in [0.1, 0.15) is 27.7 Å². The van der Waals surface area contributed by atoms with Crippen LogP contribution in [0, 0.1) is 0 Å². The van der Waals surface area contributed by atoms with Gasteiger partial charge in [-0.25, -0.2) is 0 Å². The lowest BCUT2D eigenvalue weighted by molar-refractivity contribution is 1.06. The molecular formula is C9H17N5. The van der Waals surface area contributed by atoms with Crippen molar-refractivity contribution >= 4 is 17.1 Å². The van der Waals surface area contributed by atoms with E-state index in [9.17, 15) is 0 Å². The zero-order valence-electron chi connectivity index (χ0n) is 9.07. The van der Waals surface area contributed by atoms with E-state index in [4.69, 9.17) is 5.73 Å². The Kier molecular flexibility index (Phi) is 6.02. The summed E-state index contributed by atoms with van der Waals surface area (Å²) in [6.45, 7) is 8.00. The van der Waals surface area contributed by atoms with E-state index in [-0.39, 0.29) is 0 Å². The number of fused-ring (bicyclic) bond motifs is 1. The summed E-state index contributed by atoms with van der Waals surface area (Å²) in [7, 11) is 0.